The SMILES string of the molecule is O=C(CNc1cccc(C(F)(F)F)c1)N=Nc1c(O)n(Cc2ccccc2)c2ccccc12. The molecule has 2 N–H and O–H groups in total. The monoisotopic (exact) mass is 452 g/mol. The van der Waals surface area contributed by atoms with E-state index in [1.807, 2.05) is 42.5 Å². The number of alkyl halides is 3. The summed E-state index contributed by atoms with van der Waals surface area (Å²) in [5.74, 6) is -0.839. The molecule has 0 saturated heterocycles. The molecule has 4 aromatic rings. The Hall–Kier alpha value is -4.14. The average molecular weight is 452 g/mol. The molecule has 1 heterocycles. The number of nitrogens with zero attached hydrogens (tertiary/aromatic N) is 3. The van der Waals surface area contributed by atoms with Gasteiger partial charge in [-0.15, -0.1) is 10.2 Å². The van der Waals surface area contributed by atoms with Crippen LogP contribution in [-0.4, -0.2) is 22.1 Å². The third-order valence-corrected chi connectivity index (χ3v) is 5.00. The van der Waals surface area contributed by atoms with Crippen LogP contribution in [0.15, 0.2) is 89.1 Å². The topological polar surface area (TPSA) is 79.0 Å². The van der Waals surface area contributed by atoms with Crippen LogP contribution in [0.2, 0.25) is 0 Å². The van der Waals surface area contributed by atoms with E-state index in [1.165, 1.54) is 12.1 Å². The third kappa shape index (κ3) is 5.03. The van der Waals surface area contributed by atoms with Gasteiger partial charge >= 0.3 is 6.18 Å². The molecule has 3 aromatic carbocycles. The second-order valence-electron chi connectivity index (χ2n) is 7.29. The first-order chi connectivity index (χ1) is 15.8. The summed E-state index contributed by atoms with van der Waals surface area (Å²) in [6.07, 6.45) is -4.48. The quantitative estimate of drug-likeness (QED) is 0.345. The van der Waals surface area contributed by atoms with Crippen molar-refractivity contribution in [2.75, 3.05) is 11.9 Å². The van der Waals surface area contributed by atoms with Crippen LogP contribution in [0, 0.1) is 0 Å². The number of para-hydroxylation sites is 1. The van der Waals surface area contributed by atoms with Crippen molar-refractivity contribution in [3.63, 3.8) is 0 Å². The van der Waals surface area contributed by atoms with E-state index in [0.717, 1.165) is 23.2 Å². The molecule has 33 heavy (non-hydrogen) atoms. The number of hydrogen-bond donors (Lipinski definition) is 2. The van der Waals surface area contributed by atoms with E-state index in [4.69, 9.17) is 0 Å². The number of halogens is 3. The summed E-state index contributed by atoms with van der Waals surface area (Å²) in [7, 11) is 0. The molecule has 1 aromatic heterocycles. The second-order valence-corrected chi connectivity index (χ2v) is 7.29. The van der Waals surface area contributed by atoms with E-state index in [9.17, 15) is 23.1 Å². The number of amides is 1. The molecule has 0 aliphatic rings. The van der Waals surface area contributed by atoms with Crippen LogP contribution in [0.3, 0.4) is 0 Å². The fraction of sp³-hybridized carbons (Fsp3) is 0.125. The van der Waals surface area contributed by atoms with Crippen LogP contribution in [0.5, 0.6) is 5.88 Å². The number of fused-ring (bicyclic) bond motifs is 1. The Balaban J connectivity index is 1.52. The third-order valence-electron chi connectivity index (χ3n) is 5.00. The number of rotatable bonds is 6. The highest BCUT2D eigenvalue weighted by atomic mass is 19.4. The van der Waals surface area contributed by atoms with E-state index >= 15 is 0 Å². The lowest BCUT2D eigenvalue weighted by Crippen LogP contribution is -2.12. The first-order valence-corrected chi connectivity index (χ1v) is 10.0. The Labute approximate surface area is 187 Å². The first kappa shape index (κ1) is 22.1. The number of hydrogen-bond acceptors (Lipinski definition) is 4. The Morgan fingerprint density at radius 1 is 0.970 bits per heavy atom. The lowest BCUT2D eigenvalue weighted by Gasteiger charge is -2.09. The van der Waals surface area contributed by atoms with E-state index in [-0.39, 0.29) is 23.8 Å². The fourth-order valence-corrected chi connectivity index (χ4v) is 3.42. The molecule has 0 spiro atoms. The number of nitrogens with one attached hydrogen (secondary N) is 1. The van der Waals surface area contributed by atoms with Gasteiger partial charge in [-0.25, -0.2) is 0 Å². The van der Waals surface area contributed by atoms with Gasteiger partial charge in [0.15, 0.2) is 5.69 Å². The Kier molecular flexibility index (Phi) is 6.12. The summed E-state index contributed by atoms with van der Waals surface area (Å²) in [5, 5.41) is 21.6. The molecule has 1 amide bonds. The molecule has 168 valence electrons. The number of carbonyl (C=O) groups excluding carboxylic acids is 1. The first-order valence-electron chi connectivity index (χ1n) is 10.0. The van der Waals surface area contributed by atoms with Crippen molar-refractivity contribution < 1.29 is 23.1 Å². The minimum absolute atomic E-state index is 0.135. The van der Waals surface area contributed by atoms with Crippen molar-refractivity contribution in [3.05, 3.63) is 90.0 Å². The predicted octanol–water partition coefficient (Wildman–Crippen LogP) is 6.14. The van der Waals surface area contributed by atoms with Crippen molar-refractivity contribution in [2.24, 2.45) is 10.2 Å². The highest BCUT2D eigenvalue weighted by Gasteiger charge is 2.30. The molecule has 0 unspecified atom stereocenters. The maximum Gasteiger partial charge on any atom is 0.416 e. The number of anilines is 1. The smallest absolute Gasteiger partial charge is 0.416 e. The van der Waals surface area contributed by atoms with Crippen LogP contribution in [-0.2, 0) is 17.5 Å². The van der Waals surface area contributed by atoms with E-state index in [0.29, 0.717) is 11.9 Å². The van der Waals surface area contributed by atoms with Crippen molar-refractivity contribution in [1.29, 1.82) is 0 Å². The zero-order valence-electron chi connectivity index (χ0n) is 17.3. The van der Waals surface area contributed by atoms with Crippen molar-refractivity contribution >= 4 is 28.2 Å². The summed E-state index contributed by atoms with van der Waals surface area (Å²) >= 11 is 0. The van der Waals surface area contributed by atoms with Gasteiger partial charge in [0.25, 0.3) is 5.91 Å². The highest BCUT2D eigenvalue weighted by molar-refractivity contribution is 5.95. The van der Waals surface area contributed by atoms with Crippen LogP contribution >= 0.6 is 0 Å². The van der Waals surface area contributed by atoms with Crippen molar-refractivity contribution in [1.82, 2.24) is 4.57 Å². The number of azo groups is 1. The largest absolute Gasteiger partial charge is 0.493 e. The van der Waals surface area contributed by atoms with Gasteiger partial charge in [-0.1, -0.05) is 54.6 Å². The van der Waals surface area contributed by atoms with Crippen molar-refractivity contribution in [2.45, 2.75) is 12.7 Å². The molecule has 6 nitrogen and oxygen atoms in total. The summed E-state index contributed by atoms with van der Waals surface area (Å²) < 4.78 is 40.2. The molecule has 0 fully saturated rings. The average Bonchev–Trinajstić information content (AvgIpc) is 3.07. The summed E-state index contributed by atoms with van der Waals surface area (Å²) in [6, 6.07) is 21.3. The van der Waals surface area contributed by atoms with Gasteiger partial charge in [-0.2, -0.15) is 13.2 Å². The molecule has 0 saturated carbocycles. The van der Waals surface area contributed by atoms with Gasteiger partial charge < -0.3 is 15.0 Å². The Morgan fingerprint density at radius 3 is 2.45 bits per heavy atom. The van der Waals surface area contributed by atoms with Crippen LogP contribution < -0.4 is 5.32 Å². The molecule has 0 aliphatic heterocycles. The van der Waals surface area contributed by atoms with Gasteiger partial charge in [0, 0.05) is 11.1 Å². The molecule has 9 heteroatoms. The summed E-state index contributed by atoms with van der Waals surface area (Å²) in [6.45, 7) is 0.0436. The van der Waals surface area contributed by atoms with Gasteiger partial charge in [0.1, 0.15) is 0 Å². The predicted molar refractivity (Wildman–Crippen MR) is 119 cm³/mol. The second kappa shape index (κ2) is 9.15. The summed E-state index contributed by atoms with van der Waals surface area (Å²) in [5.41, 5.74) is 1.16. The minimum atomic E-state index is -4.48. The van der Waals surface area contributed by atoms with Gasteiger partial charge in [0.05, 0.1) is 24.2 Å². The number of aromatic nitrogens is 1. The number of carbonyl (C=O) groups is 1. The maximum atomic E-state index is 12.8. The highest BCUT2D eigenvalue weighted by Crippen LogP contribution is 2.39. The molecule has 0 radical (unpaired) electrons. The normalized spacial score (nSPS) is 11.8. The van der Waals surface area contributed by atoms with Gasteiger partial charge in [-0.05, 0) is 29.8 Å². The van der Waals surface area contributed by atoms with E-state index in [1.54, 1.807) is 16.7 Å². The molecular weight excluding hydrogens is 433 g/mol. The van der Waals surface area contributed by atoms with Gasteiger partial charge in [-0.3, -0.25) is 4.79 Å². The summed E-state index contributed by atoms with van der Waals surface area (Å²) in [4.78, 5) is 12.2. The van der Waals surface area contributed by atoms with Crippen LogP contribution in [0.25, 0.3) is 10.9 Å². The zero-order valence-corrected chi connectivity index (χ0v) is 17.3. The fourth-order valence-electron chi connectivity index (χ4n) is 3.42. The standard InChI is InChI=1S/C24H19F3N4O2/c25-24(26,27)17-9-6-10-18(13-17)28-14-21(32)29-30-22-19-11-4-5-12-20(19)31(23(22)33)15-16-7-2-1-3-8-16/h1-13,28,33H,14-15H2. The maximum absolute atomic E-state index is 12.8. The molecule has 0 aliphatic carbocycles. The van der Waals surface area contributed by atoms with Gasteiger partial charge in [0.2, 0.25) is 5.88 Å². The number of benzene rings is 3. The Morgan fingerprint density at radius 2 is 1.70 bits per heavy atom. The minimum Gasteiger partial charge on any atom is -0.493 e. The lowest BCUT2D eigenvalue weighted by molar-refractivity contribution is -0.137. The Bertz CT molecular complexity index is 1310. The zero-order chi connectivity index (χ0) is 23.4. The van der Waals surface area contributed by atoms with E-state index < -0.39 is 17.6 Å². The molecule has 0 bridgehead atoms. The molecular formula is C24H19F3N4O2. The molecule has 4 rings (SSSR count). The van der Waals surface area contributed by atoms with Crippen molar-refractivity contribution in [3.8, 4) is 5.88 Å². The molecule has 0 atom stereocenters. The van der Waals surface area contributed by atoms with Crippen LogP contribution in [0.1, 0.15) is 11.1 Å². The van der Waals surface area contributed by atoms with E-state index in [2.05, 4.69) is 15.5 Å². The lowest BCUT2D eigenvalue weighted by atomic mass is 10.2. The van der Waals surface area contributed by atoms with Crippen LogP contribution in [0.4, 0.5) is 24.5 Å². The number of aromatic hydroxyl groups is 1.